The summed E-state index contributed by atoms with van der Waals surface area (Å²) >= 11 is 0. The van der Waals surface area contributed by atoms with Crippen LogP contribution in [-0.2, 0) is 19.1 Å². The van der Waals surface area contributed by atoms with Crippen molar-refractivity contribution in [3.63, 3.8) is 0 Å². The van der Waals surface area contributed by atoms with Gasteiger partial charge < -0.3 is 19.1 Å². The molecule has 0 aromatic heterocycles. The van der Waals surface area contributed by atoms with E-state index in [4.69, 9.17) is 0 Å². The number of ether oxygens (including phenoxy) is 2. The smallest absolute Gasteiger partial charge is 0.451 e. The number of nitrogens with one attached hydrogen (secondary N) is 2. The average molecular weight is 208 g/mol. The molecular formula is C5H8N2O7. The van der Waals surface area contributed by atoms with Crippen LogP contribution >= 0.6 is 0 Å². The second kappa shape index (κ2) is 6.34. The minimum atomic E-state index is -1.36. The van der Waals surface area contributed by atoms with Gasteiger partial charge in [-0.15, -0.1) is 11.0 Å². The van der Waals surface area contributed by atoms with E-state index in [1.165, 1.54) is 0 Å². The monoisotopic (exact) mass is 208 g/mol. The first kappa shape index (κ1) is 11.8. The largest absolute Gasteiger partial charge is 0.558 e. The fraction of sp³-hybridized carbons (Fsp3) is 0.400. The molecule has 0 aromatic rings. The van der Waals surface area contributed by atoms with E-state index in [0.29, 0.717) is 0 Å². The molecular weight excluding hydrogens is 200 g/mol. The van der Waals surface area contributed by atoms with Gasteiger partial charge >= 0.3 is 18.3 Å². The third-order valence-corrected chi connectivity index (χ3v) is 0.806. The van der Waals surface area contributed by atoms with Gasteiger partial charge in [-0.25, -0.2) is 9.59 Å². The van der Waals surface area contributed by atoms with Gasteiger partial charge in [-0.05, 0) is 0 Å². The number of carbonyl (C=O) groups is 3. The van der Waals surface area contributed by atoms with E-state index in [9.17, 15) is 14.4 Å². The summed E-state index contributed by atoms with van der Waals surface area (Å²) in [4.78, 5) is 39.0. The maximum Gasteiger partial charge on any atom is 0.558 e. The zero-order chi connectivity index (χ0) is 11.0. The van der Waals surface area contributed by atoms with Crippen molar-refractivity contribution in [2.45, 2.75) is 0 Å². The molecule has 14 heavy (non-hydrogen) atoms. The van der Waals surface area contributed by atoms with Crippen LogP contribution in [0.5, 0.6) is 0 Å². The number of methoxy groups -OCH3 is 2. The Morgan fingerprint density at radius 2 is 1.21 bits per heavy atom. The molecule has 0 aromatic carbocycles. The minimum absolute atomic E-state index is 1.000. The van der Waals surface area contributed by atoms with E-state index in [1.807, 2.05) is 0 Å². The van der Waals surface area contributed by atoms with E-state index in [0.717, 1.165) is 14.2 Å². The lowest BCUT2D eigenvalue weighted by Gasteiger charge is -2.04. The average Bonchev–Trinajstić information content (AvgIpc) is 2.22. The van der Waals surface area contributed by atoms with Gasteiger partial charge in [0.2, 0.25) is 0 Å². The maximum atomic E-state index is 10.5. The first-order valence-electron chi connectivity index (χ1n) is 3.15. The summed E-state index contributed by atoms with van der Waals surface area (Å²) in [6, 6.07) is 0. The molecule has 0 radical (unpaired) electrons. The number of amides is 2. The Bertz CT molecular complexity index is 206. The lowest BCUT2D eigenvalue weighted by molar-refractivity contribution is -0.0106. The number of carbonyl (C=O) groups excluding carboxylic acids is 3. The number of rotatable bonds is 0. The zero-order valence-corrected chi connectivity index (χ0v) is 7.36. The van der Waals surface area contributed by atoms with E-state index >= 15 is 0 Å². The fourth-order valence-electron chi connectivity index (χ4n) is 0.271. The molecule has 0 aliphatic heterocycles. The molecule has 2 amide bonds. The molecule has 0 heterocycles. The van der Waals surface area contributed by atoms with Crippen LogP contribution in [0.25, 0.3) is 0 Å². The number of hydrogen-bond acceptors (Lipinski definition) is 7. The normalized spacial score (nSPS) is 8.14. The molecule has 0 spiro atoms. The SMILES string of the molecule is COC(=O)NOC(=O)ONC(=O)OC. The van der Waals surface area contributed by atoms with Crippen molar-refractivity contribution >= 4 is 18.3 Å². The molecule has 0 rings (SSSR count). The molecule has 0 atom stereocenters. The van der Waals surface area contributed by atoms with Crippen LogP contribution < -0.4 is 11.0 Å². The van der Waals surface area contributed by atoms with Gasteiger partial charge in [-0.2, -0.15) is 4.79 Å². The lowest BCUT2D eigenvalue weighted by atomic mass is 11.2. The number of hydrogen-bond donors (Lipinski definition) is 2. The molecule has 80 valence electrons. The lowest BCUT2D eigenvalue weighted by Crippen LogP contribution is -2.32. The van der Waals surface area contributed by atoms with Crippen LogP contribution in [0.3, 0.4) is 0 Å². The van der Waals surface area contributed by atoms with Gasteiger partial charge in [0.25, 0.3) is 0 Å². The van der Waals surface area contributed by atoms with Crippen LogP contribution in [0.15, 0.2) is 0 Å². The Labute approximate surface area is 78.1 Å². The Balaban J connectivity index is 3.56. The summed E-state index contributed by atoms with van der Waals surface area (Å²) < 4.78 is 8.11. The Hall–Kier alpha value is -2.19. The second-order valence-electron chi connectivity index (χ2n) is 1.64. The molecule has 0 bridgehead atoms. The first-order chi connectivity index (χ1) is 6.60. The second-order valence-corrected chi connectivity index (χ2v) is 1.64. The van der Waals surface area contributed by atoms with E-state index < -0.39 is 18.3 Å². The van der Waals surface area contributed by atoms with Crippen molar-refractivity contribution in [1.29, 1.82) is 0 Å². The first-order valence-corrected chi connectivity index (χ1v) is 3.15. The summed E-state index contributed by atoms with van der Waals surface area (Å²) in [6.07, 6.45) is -3.36. The summed E-state index contributed by atoms with van der Waals surface area (Å²) in [5, 5.41) is 0. The summed E-state index contributed by atoms with van der Waals surface area (Å²) in [6.45, 7) is 0. The van der Waals surface area contributed by atoms with Crippen molar-refractivity contribution < 1.29 is 33.5 Å². The van der Waals surface area contributed by atoms with E-state index in [1.54, 1.807) is 11.0 Å². The van der Waals surface area contributed by atoms with Gasteiger partial charge in [0.1, 0.15) is 0 Å². The predicted octanol–water partition coefficient (Wildman–Crippen LogP) is -0.318. The third-order valence-electron chi connectivity index (χ3n) is 0.806. The van der Waals surface area contributed by atoms with Crippen LogP contribution in [0.2, 0.25) is 0 Å². The Morgan fingerprint density at radius 3 is 1.50 bits per heavy atom. The zero-order valence-electron chi connectivity index (χ0n) is 7.36. The number of hydroxylamine groups is 2. The van der Waals surface area contributed by atoms with Crippen molar-refractivity contribution in [2.75, 3.05) is 14.2 Å². The molecule has 0 aliphatic carbocycles. The van der Waals surface area contributed by atoms with E-state index in [2.05, 4.69) is 19.1 Å². The van der Waals surface area contributed by atoms with Crippen LogP contribution in [0, 0.1) is 0 Å². The molecule has 0 fully saturated rings. The summed E-state index contributed by atoms with van der Waals surface area (Å²) in [5.74, 6) is 0. The highest BCUT2D eigenvalue weighted by Gasteiger charge is 2.09. The van der Waals surface area contributed by atoms with Gasteiger partial charge in [0.15, 0.2) is 0 Å². The van der Waals surface area contributed by atoms with Crippen LogP contribution in [-0.4, -0.2) is 32.6 Å². The van der Waals surface area contributed by atoms with Crippen LogP contribution in [0.1, 0.15) is 0 Å². The van der Waals surface area contributed by atoms with Gasteiger partial charge in [0.05, 0.1) is 14.2 Å². The maximum absolute atomic E-state index is 10.5. The standard InChI is InChI=1S/C5H8N2O7/c1-11-3(8)6-13-5(10)14-7-4(9)12-2/h1-2H3,(H,6,8)(H,7,9). The molecule has 0 aliphatic rings. The van der Waals surface area contributed by atoms with Crippen molar-refractivity contribution in [1.82, 2.24) is 11.0 Å². The van der Waals surface area contributed by atoms with Crippen LogP contribution in [0.4, 0.5) is 14.4 Å². The van der Waals surface area contributed by atoms with Crippen molar-refractivity contribution in [3.05, 3.63) is 0 Å². The molecule has 0 unspecified atom stereocenters. The highest BCUT2D eigenvalue weighted by Crippen LogP contribution is 1.80. The Kier molecular flexibility index (Phi) is 5.35. The van der Waals surface area contributed by atoms with Gasteiger partial charge in [-0.1, -0.05) is 0 Å². The minimum Gasteiger partial charge on any atom is -0.451 e. The predicted molar refractivity (Wildman–Crippen MR) is 38.6 cm³/mol. The topological polar surface area (TPSA) is 112 Å². The van der Waals surface area contributed by atoms with Gasteiger partial charge in [-0.3, -0.25) is 0 Å². The summed E-state index contributed by atoms with van der Waals surface area (Å²) in [7, 11) is 2.13. The fourth-order valence-corrected chi connectivity index (χ4v) is 0.271. The van der Waals surface area contributed by atoms with Crippen molar-refractivity contribution in [2.24, 2.45) is 0 Å². The van der Waals surface area contributed by atoms with Gasteiger partial charge in [0, 0.05) is 0 Å². The quantitative estimate of drug-likeness (QED) is 0.414. The molecule has 0 saturated carbocycles. The van der Waals surface area contributed by atoms with E-state index in [-0.39, 0.29) is 0 Å². The van der Waals surface area contributed by atoms with Crippen molar-refractivity contribution in [3.8, 4) is 0 Å². The molecule has 2 N–H and O–H groups in total. The summed E-state index contributed by atoms with van der Waals surface area (Å²) in [5.41, 5.74) is 3.09. The molecule has 9 nitrogen and oxygen atoms in total. The third kappa shape index (κ3) is 5.46. The molecule has 0 saturated heterocycles. The molecule has 9 heteroatoms. The highest BCUT2D eigenvalue weighted by molar-refractivity contribution is 5.71. The highest BCUT2D eigenvalue weighted by atomic mass is 16.9. The Morgan fingerprint density at radius 1 is 0.857 bits per heavy atom.